The number of methoxy groups -OCH3 is 1. The molecule has 0 saturated carbocycles. The molecule has 2 heterocycles. The van der Waals surface area contributed by atoms with Crippen molar-refractivity contribution in [2.75, 3.05) is 33.4 Å². The fourth-order valence-electron chi connectivity index (χ4n) is 4.73. The summed E-state index contributed by atoms with van der Waals surface area (Å²) in [5.41, 5.74) is 0.511. The topological polar surface area (TPSA) is 79.0 Å². The Kier molecular flexibility index (Phi) is 6.03. The first kappa shape index (κ1) is 20.3. The predicted octanol–water partition coefficient (Wildman–Crippen LogP) is 1.35. The Morgan fingerprint density at radius 3 is 2.54 bits per heavy atom. The number of ether oxygens (including phenoxy) is 1. The van der Waals surface area contributed by atoms with Crippen LogP contribution in [0.25, 0.3) is 0 Å². The van der Waals surface area contributed by atoms with Gasteiger partial charge in [0.05, 0.1) is 24.6 Å². The second-order valence-corrected chi connectivity index (χ2v) is 7.78. The summed E-state index contributed by atoms with van der Waals surface area (Å²) >= 11 is 0. The lowest BCUT2D eigenvalue weighted by Gasteiger charge is -2.45. The molecule has 2 saturated heterocycles. The van der Waals surface area contributed by atoms with Crippen molar-refractivity contribution < 1.29 is 19.1 Å². The summed E-state index contributed by atoms with van der Waals surface area (Å²) in [6.07, 6.45) is 0.964. The standard InChI is InChI=1S/C21H29N3O4/c1-15(25)22-21-10-11-23(19(27)9-12-28-3)13-18(21)20(24(14-21)16(2)26)17-7-5-4-6-8-17/h4-8,18,20H,9-14H2,1-3H3,(H,22,25)/t18-,20-,21-/m1/s1. The first-order valence-corrected chi connectivity index (χ1v) is 9.75. The van der Waals surface area contributed by atoms with Gasteiger partial charge in [-0.25, -0.2) is 0 Å². The SMILES string of the molecule is COCCC(=O)N1CC[C@@]2(NC(C)=O)CN(C(C)=O)[C@H](c3ccccc3)[C@H]2C1. The molecule has 152 valence electrons. The van der Waals surface area contributed by atoms with Crippen molar-refractivity contribution in [3.63, 3.8) is 0 Å². The van der Waals surface area contributed by atoms with Gasteiger partial charge in [-0.15, -0.1) is 0 Å². The molecule has 0 aliphatic carbocycles. The van der Waals surface area contributed by atoms with Gasteiger partial charge in [-0.1, -0.05) is 30.3 Å². The molecule has 1 N–H and O–H groups in total. The highest BCUT2D eigenvalue weighted by molar-refractivity contribution is 5.78. The average Bonchev–Trinajstić information content (AvgIpc) is 3.00. The molecule has 0 spiro atoms. The normalized spacial score (nSPS) is 26.7. The highest BCUT2D eigenvalue weighted by Gasteiger charge is 2.56. The van der Waals surface area contributed by atoms with E-state index in [1.807, 2.05) is 40.1 Å². The van der Waals surface area contributed by atoms with Crippen LogP contribution < -0.4 is 5.32 Å². The maximum atomic E-state index is 12.6. The zero-order valence-electron chi connectivity index (χ0n) is 16.8. The number of carbonyl (C=O) groups excluding carboxylic acids is 3. The second kappa shape index (κ2) is 8.31. The zero-order chi connectivity index (χ0) is 20.3. The molecular weight excluding hydrogens is 358 g/mol. The summed E-state index contributed by atoms with van der Waals surface area (Å²) < 4.78 is 5.04. The quantitative estimate of drug-likeness (QED) is 0.827. The van der Waals surface area contributed by atoms with Crippen LogP contribution in [0.3, 0.4) is 0 Å². The number of hydrogen-bond acceptors (Lipinski definition) is 4. The maximum absolute atomic E-state index is 12.6. The number of nitrogens with zero attached hydrogens (tertiary/aromatic N) is 2. The molecule has 7 nitrogen and oxygen atoms in total. The number of fused-ring (bicyclic) bond motifs is 1. The van der Waals surface area contributed by atoms with Crippen molar-refractivity contribution in [2.24, 2.45) is 5.92 Å². The smallest absolute Gasteiger partial charge is 0.224 e. The summed E-state index contributed by atoms with van der Waals surface area (Å²) in [5.74, 6) is -0.152. The highest BCUT2D eigenvalue weighted by Crippen LogP contribution is 2.47. The van der Waals surface area contributed by atoms with Gasteiger partial charge in [-0.2, -0.15) is 0 Å². The Hall–Kier alpha value is -2.41. The maximum Gasteiger partial charge on any atom is 0.224 e. The van der Waals surface area contributed by atoms with Crippen molar-refractivity contribution in [3.05, 3.63) is 35.9 Å². The van der Waals surface area contributed by atoms with Crippen molar-refractivity contribution in [1.82, 2.24) is 15.1 Å². The third-order valence-electron chi connectivity index (χ3n) is 5.97. The first-order chi connectivity index (χ1) is 13.4. The van der Waals surface area contributed by atoms with Crippen LogP contribution in [-0.4, -0.2) is 66.4 Å². The molecule has 3 rings (SSSR count). The van der Waals surface area contributed by atoms with E-state index in [-0.39, 0.29) is 29.7 Å². The van der Waals surface area contributed by atoms with Crippen LogP contribution in [0.15, 0.2) is 30.3 Å². The summed E-state index contributed by atoms with van der Waals surface area (Å²) in [7, 11) is 1.58. The minimum Gasteiger partial charge on any atom is -0.384 e. The summed E-state index contributed by atoms with van der Waals surface area (Å²) in [4.78, 5) is 40.8. The third kappa shape index (κ3) is 3.90. The molecule has 0 aromatic heterocycles. The number of piperidine rings is 1. The summed E-state index contributed by atoms with van der Waals surface area (Å²) in [6.45, 7) is 5.00. The Bertz CT molecular complexity index is 738. The monoisotopic (exact) mass is 387 g/mol. The average molecular weight is 387 g/mol. The molecule has 3 atom stereocenters. The van der Waals surface area contributed by atoms with Gasteiger partial charge in [-0.3, -0.25) is 14.4 Å². The Labute approximate surface area is 166 Å². The van der Waals surface area contributed by atoms with Gasteiger partial charge in [0.15, 0.2) is 0 Å². The molecule has 2 fully saturated rings. The van der Waals surface area contributed by atoms with Crippen molar-refractivity contribution in [1.29, 1.82) is 0 Å². The number of carbonyl (C=O) groups is 3. The highest BCUT2D eigenvalue weighted by atomic mass is 16.5. The molecule has 0 unspecified atom stereocenters. The molecular formula is C21H29N3O4. The molecule has 0 radical (unpaired) electrons. The van der Waals surface area contributed by atoms with Crippen LogP contribution in [-0.2, 0) is 19.1 Å². The lowest BCUT2D eigenvalue weighted by molar-refractivity contribution is -0.135. The van der Waals surface area contributed by atoms with Crippen LogP contribution in [0, 0.1) is 5.92 Å². The van der Waals surface area contributed by atoms with Gasteiger partial charge >= 0.3 is 0 Å². The van der Waals surface area contributed by atoms with Crippen molar-refractivity contribution in [3.8, 4) is 0 Å². The second-order valence-electron chi connectivity index (χ2n) is 7.78. The first-order valence-electron chi connectivity index (χ1n) is 9.75. The van der Waals surface area contributed by atoms with Gasteiger partial charge in [0, 0.05) is 46.5 Å². The van der Waals surface area contributed by atoms with Crippen LogP contribution in [0.4, 0.5) is 0 Å². The predicted molar refractivity (Wildman–Crippen MR) is 104 cm³/mol. The van der Waals surface area contributed by atoms with E-state index in [2.05, 4.69) is 5.32 Å². The number of rotatable bonds is 5. The van der Waals surface area contributed by atoms with E-state index in [1.165, 1.54) is 6.92 Å². The number of amides is 3. The third-order valence-corrected chi connectivity index (χ3v) is 5.97. The van der Waals surface area contributed by atoms with E-state index in [9.17, 15) is 14.4 Å². The van der Waals surface area contributed by atoms with E-state index in [4.69, 9.17) is 4.74 Å². The van der Waals surface area contributed by atoms with E-state index >= 15 is 0 Å². The minimum absolute atomic E-state index is 0.0229. The van der Waals surface area contributed by atoms with Gasteiger partial charge in [0.25, 0.3) is 0 Å². The van der Waals surface area contributed by atoms with E-state index < -0.39 is 5.54 Å². The van der Waals surface area contributed by atoms with Crippen LogP contribution in [0.1, 0.15) is 38.3 Å². The minimum atomic E-state index is -0.518. The van der Waals surface area contributed by atoms with Crippen LogP contribution >= 0.6 is 0 Å². The lowest BCUT2D eigenvalue weighted by Crippen LogP contribution is -2.61. The zero-order valence-corrected chi connectivity index (χ0v) is 16.8. The molecule has 0 bridgehead atoms. The fourth-order valence-corrected chi connectivity index (χ4v) is 4.73. The van der Waals surface area contributed by atoms with Crippen LogP contribution in [0.2, 0.25) is 0 Å². The summed E-state index contributed by atoms with van der Waals surface area (Å²) in [5, 5.41) is 3.15. The van der Waals surface area contributed by atoms with Crippen molar-refractivity contribution in [2.45, 2.75) is 38.3 Å². The molecule has 1 aromatic rings. The van der Waals surface area contributed by atoms with Gasteiger partial charge < -0.3 is 19.9 Å². The van der Waals surface area contributed by atoms with Gasteiger partial charge in [-0.05, 0) is 12.0 Å². The molecule has 3 amide bonds. The lowest BCUT2D eigenvalue weighted by atomic mass is 9.75. The summed E-state index contributed by atoms with van der Waals surface area (Å²) in [6, 6.07) is 9.70. The Morgan fingerprint density at radius 1 is 1.21 bits per heavy atom. The number of benzene rings is 1. The fraction of sp³-hybridized carbons (Fsp3) is 0.571. The molecule has 2 aliphatic heterocycles. The number of nitrogens with one attached hydrogen (secondary N) is 1. The number of hydrogen-bond donors (Lipinski definition) is 1. The van der Waals surface area contributed by atoms with Crippen molar-refractivity contribution >= 4 is 17.7 Å². The molecule has 1 aromatic carbocycles. The molecule has 2 aliphatic rings. The van der Waals surface area contributed by atoms with Gasteiger partial charge in [0.1, 0.15) is 0 Å². The number of likely N-dealkylation sites (tertiary alicyclic amines) is 2. The van der Waals surface area contributed by atoms with E-state index in [1.54, 1.807) is 14.0 Å². The van der Waals surface area contributed by atoms with E-state index in [0.29, 0.717) is 39.1 Å². The molecule has 28 heavy (non-hydrogen) atoms. The largest absolute Gasteiger partial charge is 0.384 e. The Balaban J connectivity index is 1.96. The Morgan fingerprint density at radius 2 is 1.93 bits per heavy atom. The van der Waals surface area contributed by atoms with Crippen LogP contribution in [0.5, 0.6) is 0 Å². The van der Waals surface area contributed by atoms with E-state index in [0.717, 1.165) is 5.56 Å². The molecule has 7 heteroatoms. The van der Waals surface area contributed by atoms with Gasteiger partial charge in [0.2, 0.25) is 17.7 Å².